The van der Waals surface area contributed by atoms with Crippen molar-refractivity contribution in [3.8, 4) is 5.69 Å². The summed E-state index contributed by atoms with van der Waals surface area (Å²) >= 11 is 0. The van der Waals surface area contributed by atoms with Crippen LogP contribution < -0.4 is 5.73 Å². The molecule has 0 unspecified atom stereocenters. The number of nitrogen functional groups attached to an aromatic ring is 1. The second kappa shape index (κ2) is 3.30. The van der Waals surface area contributed by atoms with Crippen LogP contribution in [0.15, 0.2) is 18.3 Å². The lowest BCUT2D eigenvalue weighted by Crippen LogP contribution is -2.03. The fourth-order valence-corrected chi connectivity index (χ4v) is 1.24. The summed E-state index contributed by atoms with van der Waals surface area (Å²) in [5.41, 5.74) is 5.38. The van der Waals surface area contributed by atoms with Crippen molar-refractivity contribution in [1.82, 2.24) is 15.0 Å². The molecule has 2 rings (SSSR count). The first kappa shape index (κ1) is 9.57. The molecule has 0 amide bonds. The molecule has 0 saturated carbocycles. The zero-order chi connectivity index (χ0) is 11.0. The van der Waals surface area contributed by atoms with Gasteiger partial charge in [-0.05, 0) is 18.6 Å². The molecule has 0 fully saturated rings. The highest BCUT2D eigenvalue weighted by molar-refractivity contribution is 5.40. The first-order chi connectivity index (χ1) is 7.09. The number of nitrogens with zero attached hydrogens (tertiary/aromatic N) is 3. The largest absolute Gasteiger partial charge is 0.381 e. The van der Waals surface area contributed by atoms with Crippen LogP contribution in [-0.2, 0) is 0 Å². The summed E-state index contributed by atoms with van der Waals surface area (Å²) in [7, 11) is 0. The number of aryl methyl sites for hydroxylation is 1. The molecule has 0 saturated heterocycles. The first-order valence-electron chi connectivity index (χ1n) is 4.22. The maximum Gasteiger partial charge on any atom is 0.166 e. The number of hydrogen-bond acceptors (Lipinski definition) is 3. The highest BCUT2D eigenvalue weighted by Crippen LogP contribution is 2.19. The van der Waals surface area contributed by atoms with Crippen LogP contribution in [0, 0.1) is 18.6 Å². The van der Waals surface area contributed by atoms with E-state index in [4.69, 9.17) is 5.73 Å². The van der Waals surface area contributed by atoms with Gasteiger partial charge in [0.1, 0.15) is 5.69 Å². The number of anilines is 1. The van der Waals surface area contributed by atoms with Gasteiger partial charge in [-0.15, -0.1) is 5.10 Å². The van der Waals surface area contributed by atoms with E-state index in [0.29, 0.717) is 5.56 Å². The molecule has 1 aromatic heterocycles. The minimum absolute atomic E-state index is 0.107. The first-order valence-corrected chi connectivity index (χ1v) is 4.22. The predicted octanol–water partition coefficient (Wildman–Crippen LogP) is 1.44. The molecule has 0 atom stereocenters. The number of rotatable bonds is 1. The fraction of sp³-hybridized carbons (Fsp3) is 0.111. The van der Waals surface area contributed by atoms with E-state index in [9.17, 15) is 8.78 Å². The van der Waals surface area contributed by atoms with Gasteiger partial charge < -0.3 is 5.73 Å². The van der Waals surface area contributed by atoms with Gasteiger partial charge in [0.15, 0.2) is 17.5 Å². The minimum atomic E-state index is -0.706. The molecule has 78 valence electrons. The van der Waals surface area contributed by atoms with E-state index in [1.54, 1.807) is 6.92 Å². The van der Waals surface area contributed by atoms with Crippen LogP contribution in [0.5, 0.6) is 0 Å². The maximum atomic E-state index is 13.6. The third-order valence-electron chi connectivity index (χ3n) is 2.00. The summed E-state index contributed by atoms with van der Waals surface area (Å²) in [4.78, 5) is 0. The Bertz CT molecular complexity index is 507. The van der Waals surface area contributed by atoms with Crippen LogP contribution in [-0.4, -0.2) is 15.0 Å². The van der Waals surface area contributed by atoms with Crippen LogP contribution in [0.25, 0.3) is 5.69 Å². The standard InChI is InChI=1S/C9H8F2N4/c1-5-2-3-6(10)9(8(5)11)15-4-7(12)13-14-15/h2-4H,12H2,1H3. The van der Waals surface area contributed by atoms with E-state index >= 15 is 0 Å². The van der Waals surface area contributed by atoms with Crippen molar-refractivity contribution < 1.29 is 8.78 Å². The number of hydrogen-bond donors (Lipinski definition) is 1. The van der Waals surface area contributed by atoms with Crippen LogP contribution in [0.4, 0.5) is 14.6 Å². The van der Waals surface area contributed by atoms with Crippen molar-refractivity contribution in [2.45, 2.75) is 6.92 Å². The Morgan fingerprint density at radius 3 is 2.67 bits per heavy atom. The lowest BCUT2D eigenvalue weighted by Gasteiger charge is -2.05. The summed E-state index contributed by atoms with van der Waals surface area (Å²) in [5, 5.41) is 6.97. The van der Waals surface area contributed by atoms with E-state index in [1.165, 1.54) is 18.3 Å². The van der Waals surface area contributed by atoms with Gasteiger partial charge in [0.2, 0.25) is 0 Å². The van der Waals surface area contributed by atoms with Gasteiger partial charge in [0.25, 0.3) is 0 Å². The van der Waals surface area contributed by atoms with Gasteiger partial charge in [-0.1, -0.05) is 11.3 Å². The monoisotopic (exact) mass is 210 g/mol. The van der Waals surface area contributed by atoms with E-state index in [0.717, 1.165) is 4.68 Å². The lowest BCUT2D eigenvalue weighted by atomic mass is 10.2. The molecule has 0 radical (unpaired) electrons. The van der Waals surface area contributed by atoms with Crippen molar-refractivity contribution >= 4 is 5.82 Å². The normalized spacial score (nSPS) is 10.6. The molecule has 6 heteroatoms. The minimum Gasteiger partial charge on any atom is -0.381 e. The summed E-state index contributed by atoms with van der Waals surface area (Å²) in [6, 6.07) is 2.53. The van der Waals surface area contributed by atoms with Crippen LogP contribution >= 0.6 is 0 Å². The quantitative estimate of drug-likeness (QED) is 0.774. The Morgan fingerprint density at radius 2 is 2.07 bits per heavy atom. The second-order valence-corrected chi connectivity index (χ2v) is 3.11. The van der Waals surface area contributed by atoms with E-state index in [2.05, 4.69) is 10.3 Å². The molecular formula is C9H8F2N4. The molecule has 1 heterocycles. The molecule has 0 spiro atoms. The van der Waals surface area contributed by atoms with Gasteiger partial charge >= 0.3 is 0 Å². The molecule has 0 aliphatic carbocycles. The van der Waals surface area contributed by atoms with E-state index < -0.39 is 11.6 Å². The molecule has 0 aliphatic heterocycles. The van der Waals surface area contributed by atoms with Crippen molar-refractivity contribution in [3.05, 3.63) is 35.5 Å². The maximum absolute atomic E-state index is 13.6. The van der Waals surface area contributed by atoms with E-state index in [-0.39, 0.29) is 11.5 Å². The lowest BCUT2D eigenvalue weighted by molar-refractivity contribution is 0.551. The smallest absolute Gasteiger partial charge is 0.166 e. The van der Waals surface area contributed by atoms with Gasteiger partial charge in [-0.2, -0.15) is 0 Å². The zero-order valence-electron chi connectivity index (χ0n) is 7.91. The Hall–Kier alpha value is -1.98. The average molecular weight is 210 g/mol. The predicted molar refractivity (Wildman–Crippen MR) is 50.4 cm³/mol. The van der Waals surface area contributed by atoms with Crippen LogP contribution in [0.1, 0.15) is 5.56 Å². The second-order valence-electron chi connectivity index (χ2n) is 3.11. The number of nitrogens with two attached hydrogens (primary N) is 1. The molecule has 4 nitrogen and oxygen atoms in total. The van der Waals surface area contributed by atoms with Crippen molar-refractivity contribution in [3.63, 3.8) is 0 Å². The molecule has 0 bridgehead atoms. The molecule has 2 aromatic rings. The topological polar surface area (TPSA) is 56.7 Å². The number of halogens is 2. The third-order valence-corrected chi connectivity index (χ3v) is 2.00. The van der Waals surface area contributed by atoms with Crippen molar-refractivity contribution in [1.29, 1.82) is 0 Å². The summed E-state index contributed by atoms with van der Waals surface area (Å²) in [6.45, 7) is 1.54. The van der Waals surface area contributed by atoms with Gasteiger partial charge in [0, 0.05) is 0 Å². The van der Waals surface area contributed by atoms with Crippen LogP contribution in [0.2, 0.25) is 0 Å². The summed E-state index contributed by atoms with van der Waals surface area (Å²) < 4.78 is 27.9. The number of benzene rings is 1. The Kier molecular flexibility index (Phi) is 2.11. The average Bonchev–Trinajstić information content (AvgIpc) is 2.59. The Labute approximate surface area is 84.3 Å². The highest BCUT2D eigenvalue weighted by atomic mass is 19.1. The summed E-state index contributed by atoms with van der Waals surface area (Å²) in [6.07, 6.45) is 1.25. The van der Waals surface area contributed by atoms with Gasteiger partial charge in [-0.25, -0.2) is 13.5 Å². The SMILES string of the molecule is Cc1ccc(F)c(-n2cc(N)nn2)c1F. The third kappa shape index (κ3) is 1.54. The fourth-order valence-electron chi connectivity index (χ4n) is 1.24. The Morgan fingerprint density at radius 1 is 1.33 bits per heavy atom. The molecule has 0 aliphatic rings. The molecule has 15 heavy (non-hydrogen) atoms. The summed E-state index contributed by atoms with van der Waals surface area (Å²) in [5.74, 6) is -1.27. The van der Waals surface area contributed by atoms with Gasteiger partial charge in [0.05, 0.1) is 6.20 Å². The number of aromatic nitrogens is 3. The molecular weight excluding hydrogens is 202 g/mol. The Balaban J connectivity index is 2.66. The van der Waals surface area contributed by atoms with Crippen molar-refractivity contribution in [2.24, 2.45) is 0 Å². The molecule has 1 aromatic carbocycles. The highest BCUT2D eigenvalue weighted by Gasteiger charge is 2.14. The van der Waals surface area contributed by atoms with E-state index in [1.807, 2.05) is 0 Å². The zero-order valence-corrected chi connectivity index (χ0v) is 7.91. The van der Waals surface area contributed by atoms with Crippen LogP contribution in [0.3, 0.4) is 0 Å². The van der Waals surface area contributed by atoms with Gasteiger partial charge in [-0.3, -0.25) is 0 Å². The van der Waals surface area contributed by atoms with Crippen molar-refractivity contribution in [2.75, 3.05) is 5.73 Å². The molecule has 2 N–H and O–H groups in total.